The Kier molecular flexibility index (Phi) is 5.22. The molecule has 2 heterocycles. The van der Waals surface area contributed by atoms with Crippen molar-refractivity contribution in [3.63, 3.8) is 0 Å². The summed E-state index contributed by atoms with van der Waals surface area (Å²) in [6.07, 6.45) is 3.65. The third kappa shape index (κ3) is 4.41. The number of nitrogens with one attached hydrogen (secondary N) is 1. The van der Waals surface area contributed by atoms with Crippen molar-refractivity contribution in [1.82, 2.24) is 10.3 Å². The molecule has 1 N–H and O–H groups in total. The van der Waals surface area contributed by atoms with Gasteiger partial charge >= 0.3 is 0 Å². The molecule has 0 saturated carbocycles. The molecule has 2 rings (SSSR count). The lowest BCUT2D eigenvalue weighted by molar-refractivity contribution is 0.548. The minimum absolute atomic E-state index is 0.00926. The van der Waals surface area contributed by atoms with Crippen LogP contribution in [0.3, 0.4) is 0 Å². The third-order valence-corrected chi connectivity index (χ3v) is 5.52. The maximum absolute atomic E-state index is 11.7. The number of anilines is 1. The molecule has 118 valence electrons. The Morgan fingerprint density at radius 3 is 2.90 bits per heavy atom. The van der Waals surface area contributed by atoms with Crippen LogP contribution in [0.4, 0.5) is 5.69 Å². The minimum Gasteiger partial charge on any atom is -0.366 e. The van der Waals surface area contributed by atoms with Gasteiger partial charge in [0.2, 0.25) is 0 Å². The number of hydrogen-bond donors (Lipinski definition) is 1. The first kappa shape index (κ1) is 16.2. The Morgan fingerprint density at radius 1 is 1.48 bits per heavy atom. The molecule has 0 amide bonds. The number of hydrogen-bond acceptors (Lipinski definition) is 5. The topological polar surface area (TPSA) is 62.3 Å². The summed E-state index contributed by atoms with van der Waals surface area (Å²) in [5.41, 5.74) is 2.23. The van der Waals surface area contributed by atoms with Gasteiger partial charge in [-0.3, -0.25) is 4.98 Å². The lowest BCUT2D eigenvalue weighted by Gasteiger charge is -2.36. The molecule has 1 aromatic rings. The summed E-state index contributed by atoms with van der Waals surface area (Å²) in [4.78, 5) is 6.40. The maximum Gasteiger partial charge on any atom is 0.154 e. The highest BCUT2D eigenvalue weighted by molar-refractivity contribution is 7.91. The van der Waals surface area contributed by atoms with Crippen molar-refractivity contribution in [2.45, 2.75) is 33.4 Å². The Morgan fingerprint density at radius 2 is 2.24 bits per heavy atom. The molecular formula is C15H25N3O2S. The third-order valence-electron chi connectivity index (χ3n) is 3.73. The van der Waals surface area contributed by atoms with Gasteiger partial charge in [-0.15, -0.1) is 0 Å². The molecule has 5 nitrogen and oxygen atoms in total. The van der Waals surface area contributed by atoms with Crippen LogP contribution in [0.25, 0.3) is 0 Å². The van der Waals surface area contributed by atoms with Crippen LogP contribution in [0.5, 0.6) is 0 Å². The Balaban J connectivity index is 2.12. The fourth-order valence-electron chi connectivity index (χ4n) is 2.69. The molecule has 0 bridgehead atoms. The first-order chi connectivity index (χ1) is 9.89. The molecule has 1 unspecified atom stereocenters. The standard InChI is InChI=1S/C15H25N3O2S/c1-12(2)8-17-10-14-9-16-5-4-15(14)18-6-7-21(19,20)11-13(18)3/h4-5,9,12-13,17H,6-8,10-11H2,1-3H3. The zero-order chi connectivity index (χ0) is 15.5. The predicted octanol–water partition coefficient (Wildman–Crippen LogP) is 1.45. The molecule has 6 heteroatoms. The van der Waals surface area contributed by atoms with Gasteiger partial charge in [-0.2, -0.15) is 0 Å². The molecule has 21 heavy (non-hydrogen) atoms. The van der Waals surface area contributed by atoms with Crippen LogP contribution in [0, 0.1) is 5.92 Å². The Bertz CT molecular complexity index is 572. The highest BCUT2D eigenvalue weighted by Gasteiger charge is 2.29. The van der Waals surface area contributed by atoms with Gasteiger partial charge in [-0.1, -0.05) is 13.8 Å². The number of pyridine rings is 1. The van der Waals surface area contributed by atoms with Gasteiger partial charge < -0.3 is 10.2 Å². The van der Waals surface area contributed by atoms with Crippen molar-refractivity contribution >= 4 is 15.5 Å². The van der Waals surface area contributed by atoms with Crippen LogP contribution in [-0.4, -0.2) is 44.0 Å². The van der Waals surface area contributed by atoms with E-state index in [9.17, 15) is 8.42 Å². The molecule has 1 aromatic heterocycles. The van der Waals surface area contributed by atoms with E-state index in [-0.39, 0.29) is 17.5 Å². The molecule has 1 aliphatic heterocycles. The van der Waals surface area contributed by atoms with Crippen LogP contribution < -0.4 is 10.2 Å². The van der Waals surface area contributed by atoms with E-state index in [1.165, 1.54) is 0 Å². The minimum atomic E-state index is -2.89. The zero-order valence-corrected chi connectivity index (χ0v) is 13.9. The fourth-order valence-corrected chi connectivity index (χ4v) is 4.24. The normalized spacial score (nSPS) is 21.7. The molecule has 1 saturated heterocycles. The second-order valence-electron chi connectivity index (χ2n) is 6.19. The molecular weight excluding hydrogens is 286 g/mol. The Labute approximate surface area is 127 Å². The van der Waals surface area contributed by atoms with E-state index in [1.54, 1.807) is 6.20 Å². The monoisotopic (exact) mass is 311 g/mol. The smallest absolute Gasteiger partial charge is 0.154 e. The van der Waals surface area contributed by atoms with Gasteiger partial charge in [0, 0.05) is 42.8 Å². The average Bonchev–Trinajstić information content (AvgIpc) is 2.38. The second kappa shape index (κ2) is 6.75. The number of sulfone groups is 1. The van der Waals surface area contributed by atoms with Crippen molar-refractivity contribution < 1.29 is 8.42 Å². The summed E-state index contributed by atoms with van der Waals surface area (Å²) >= 11 is 0. The second-order valence-corrected chi connectivity index (χ2v) is 8.41. The van der Waals surface area contributed by atoms with Gasteiger partial charge in [0.15, 0.2) is 9.84 Å². The van der Waals surface area contributed by atoms with E-state index in [0.29, 0.717) is 12.5 Å². The molecule has 1 aliphatic rings. The molecule has 0 spiro atoms. The van der Waals surface area contributed by atoms with Crippen molar-refractivity contribution in [2.24, 2.45) is 5.92 Å². The quantitative estimate of drug-likeness (QED) is 0.892. The van der Waals surface area contributed by atoms with Crippen molar-refractivity contribution in [1.29, 1.82) is 0 Å². The van der Waals surface area contributed by atoms with Crippen LogP contribution >= 0.6 is 0 Å². The molecule has 1 fully saturated rings. The van der Waals surface area contributed by atoms with Crippen LogP contribution in [0.1, 0.15) is 26.3 Å². The highest BCUT2D eigenvalue weighted by atomic mass is 32.2. The number of nitrogens with zero attached hydrogens (tertiary/aromatic N) is 2. The van der Waals surface area contributed by atoms with E-state index in [4.69, 9.17) is 0 Å². The first-order valence-electron chi connectivity index (χ1n) is 7.50. The van der Waals surface area contributed by atoms with E-state index in [1.807, 2.05) is 19.2 Å². The fraction of sp³-hybridized carbons (Fsp3) is 0.667. The summed E-state index contributed by atoms with van der Waals surface area (Å²) in [6, 6.07) is 2.00. The summed E-state index contributed by atoms with van der Waals surface area (Å²) in [5, 5.41) is 3.43. The highest BCUT2D eigenvalue weighted by Crippen LogP contribution is 2.24. The van der Waals surface area contributed by atoms with E-state index in [2.05, 4.69) is 29.0 Å². The van der Waals surface area contributed by atoms with Crippen molar-refractivity contribution in [3.8, 4) is 0 Å². The SMILES string of the molecule is CC(C)CNCc1cnccc1N1CCS(=O)(=O)CC1C. The summed E-state index contributed by atoms with van der Waals surface area (Å²) in [5.74, 6) is 1.07. The largest absolute Gasteiger partial charge is 0.366 e. The number of aromatic nitrogens is 1. The van der Waals surface area contributed by atoms with Gasteiger partial charge in [0.05, 0.1) is 11.5 Å². The zero-order valence-electron chi connectivity index (χ0n) is 13.0. The Hall–Kier alpha value is -1.14. The molecule has 0 aliphatic carbocycles. The van der Waals surface area contributed by atoms with Crippen molar-refractivity contribution in [2.75, 3.05) is 29.5 Å². The van der Waals surface area contributed by atoms with E-state index < -0.39 is 9.84 Å². The molecule has 0 aromatic carbocycles. The lowest BCUT2D eigenvalue weighted by Crippen LogP contribution is -2.47. The lowest BCUT2D eigenvalue weighted by atomic mass is 10.1. The van der Waals surface area contributed by atoms with Crippen LogP contribution in [0.2, 0.25) is 0 Å². The maximum atomic E-state index is 11.7. The number of rotatable bonds is 5. The van der Waals surface area contributed by atoms with Crippen LogP contribution in [0.15, 0.2) is 18.5 Å². The first-order valence-corrected chi connectivity index (χ1v) is 9.32. The van der Waals surface area contributed by atoms with E-state index >= 15 is 0 Å². The van der Waals surface area contributed by atoms with Crippen LogP contribution in [-0.2, 0) is 16.4 Å². The van der Waals surface area contributed by atoms with Gasteiger partial charge in [0.25, 0.3) is 0 Å². The summed E-state index contributed by atoms with van der Waals surface area (Å²) < 4.78 is 23.4. The average molecular weight is 311 g/mol. The van der Waals surface area contributed by atoms with E-state index in [0.717, 1.165) is 24.3 Å². The molecule has 1 atom stereocenters. The summed E-state index contributed by atoms with van der Waals surface area (Å²) in [6.45, 7) is 8.60. The van der Waals surface area contributed by atoms with Crippen molar-refractivity contribution in [3.05, 3.63) is 24.0 Å². The van der Waals surface area contributed by atoms with Gasteiger partial charge in [0.1, 0.15) is 0 Å². The summed E-state index contributed by atoms with van der Waals surface area (Å²) in [7, 11) is -2.89. The van der Waals surface area contributed by atoms with Gasteiger partial charge in [-0.05, 0) is 25.5 Å². The predicted molar refractivity (Wildman–Crippen MR) is 86.2 cm³/mol. The molecule has 0 radical (unpaired) electrons. The van der Waals surface area contributed by atoms with Gasteiger partial charge in [-0.25, -0.2) is 8.42 Å².